The Bertz CT molecular complexity index is 33.3. The zero-order valence-electron chi connectivity index (χ0n) is 6.79. The van der Waals surface area contributed by atoms with Gasteiger partial charge in [-0.25, -0.2) is 0 Å². The molecule has 0 bridgehead atoms. The monoisotopic (exact) mass is 252 g/mol. The fourth-order valence-electron chi connectivity index (χ4n) is 0. The Morgan fingerprint density at radius 2 is 0.714 bits per heavy atom. The Balaban J connectivity index is -0.000000001000. The van der Waals surface area contributed by atoms with E-state index in [2.05, 4.69) is 0 Å². The maximum atomic E-state index is 8.36. The van der Waals surface area contributed by atoms with Crippen LogP contribution in [-0.4, -0.2) is 76.9 Å². The molecule has 0 aliphatic carbocycles. The first-order chi connectivity index (χ1) is 1.73. The van der Waals surface area contributed by atoms with E-state index in [9.17, 15) is 0 Å². The summed E-state index contributed by atoms with van der Waals surface area (Å²) in [5.41, 5.74) is 0. The van der Waals surface area contributed by atoms with Gasteiger partial charge in [0.1, 0.15) is 0 Å². The maximum absolute atomic E-state index is 8.36. The number of hydrogen-bond acceptors (Lipinski definition) is 2. The molecule has 0 aliphatic rings. The summed E-state index contributed by atoms with van der Waals surface area (Å²) in [7, 11) is 0. The minimum Gasteiger partial charge on any atom is -0.412 e. The zero-order chi connectivity index (χ0) is 3.58. The van der Waals surface area contributed by atoms with Crippen molar-refractivity contribution in [2.45, 2.75) is 0 Å². The van der Waals surface area contributed by atoms with Crippen molar-refractivity contribution in [3.8, 4) is 0 Å². The van der Waals surface area contributed by atoms with Gasteiger partial charge in [-0.2, -0.15) is 0 Å². The Labute approximate surface area is 88.0 Å². The average Bonchev–Trinajstić information content (AvgIpc) is 0.811. The van der Waals surface area contributed by atoms with E-state index in [0.29, 0.717) is 0 Å². The molecule has 0 rings (SSSR count). The summed E-state index contributed by atoms with van der Waals surface area (Å²) in [6, 6.07) is 0. The summed E-state index contributed by atoms with van der Waals surface area (Å²) in [6.45, 7) is 0. The number of nitrogens with zero attached hydrogens (tertiary/aromatic N) is 1. The van der Waals surface area contributed by atoms with Crippen molar-refractivity contribution in [3.63, 3.8) is 0 Å². The van der Waals surface area contributed by atoms with Crippen LogP contribution in [0.3, 0.4) is 0 Å². The molecule has 0 saturated heterocycles. The van der Waals surface area contributed by atoms with E-state index in [-0.39, 0.29) is 66.6 Å². The minimum atomic E-state index is -1.50. The van der Waals surface area contributed by atoms with Crippen LogP contribution in [0.25, 0.3) is 0 Å². The maximum Gasteiger partial charge on any atom is 3.00 e. The normalized spacial score (nSPS) is 1.71. The first kappa shape index (κ1) is 364. The minimum absolute atomic E-state index is 0. The van der Waals surface area contributed by atoms with Crippen molar-refractivity contribution in [1.29, 1.82) is 0 Å². The molecule has 0 atom stereocenters. The van der Waals surface area contributed by atoms with E-state index in [1.54, 1.807) is 0 Å². The van der Waals surface area contributed by atoms with E-state index in [4.69, 9.17) is 15.3 Å². The Morgan fingerprint density at radius 1 is 0.714 bits per heavy atom. The van der Waals surface area contributed by atoms with Crippen molar-refractivity contribution in [2.24, 2.45) is 0 Å². The van der Waals surface area contributed by atoms with Crippen LogP contribution in [0.15, 0.2) is 0 Å². The van der Waals surface area contributed by atoms with Crippen LogP contribution in [0, 0.1) is 10.1 Å². The van der Waals surface area contributed by atoms with Gasteiger partial charge < -0.3 is 54.5 Å². The molecule has 0 saturated carbocycles. The van der Waals surface area contributed by atoms with Crippen LogP contribution in [0.1, 0.15) is 0 Å². The Morgan fingerprint density at radius 3 is 0.714 bits per heavy atom. The number of hydrogen-bond donors (Lipinski definition) is 1. The quantitative estimate of drug-likeness (QED) is 0.249. The molecule has 0 aromatic carbocycles. The average molecular weight is 252 g/mol. The predicted molar refractivity (Wildman–Crippen MR) is 47.1 cm³/mol. The second-order valence-corrected chi connectivity index (χ2v) is 0.238. The molecule has 0 heterocycles. The second-order valence-electron chi connectivity index (χ2n) is 0.238. The predicted octanol–water partition coefficient (Wildman–Crippen LogP) is -8.15. The molecule has 14 heavy (non-hydrogen) atoms. The van der Waals surface area contributed by atoms with E-state index in [0.717, 1.165) is 0 Å². The summed E-state index contributed by atoms with van der Waals surface area (Å²) in [6.07, 6.45) is 0. The smallest absolute Gasteiger partial charge is 0.412 e. The molecule has 13 nitrogen and oxygen atoms in total. The molecule has 96 valence electrons. The van der Waals surface area contributed by atoms with Crippen LogP contribution in [-0.2, 0) is 0 Å². The molecule has 0 aromatic heterocycles. The second kappa shape index (κ2) is 284. The van der Waals surface area contributed by atoms with Gasteiger partial charge in [0.05, 0.1) is 0 Å². The fraction of sp³-hybridized carbons (Fsp3) is 0. The summed E-state index contributed by atoms with van der Waals surface area (Å²) in [5.74, 6) is 0. The summed E-state index contributed by atoms with van der Waals surface area (Å²) >= 11 is 0. The van der Waals surface area contributed by atoms with Crippen LogP contribution in [0.5, 0.6) is 0 Å². The first-order valence-electron chi connectivity index (χ1n) is 0.565. The summed E-state index contributed by atoms with van der Waals surface area (Å²) in [5, 5.41) is 13.6. The topological polar surface area (TPSA) is 347 Å². The van der Waals surface area contributed by atoms with E-state index < -0.39 is 5.09 Å². The van der Waals surface area contributed by atoms with Crippen molar-refractivity contribution in [1.82, 2.24) is 0 Å². The Kier molecular flexibility index (Phi) is 7390. The zero-order valence-corrected chi connectivity index (χ0v) is 7.94. The molecule has 14 heteroatoms. The molecule has 0 spiro atoms. The molecule has 0 unspecified atom stereocenters. The van der Waals surface area contributed by atoms with Gasteiger partial charge in [-0.3, -0.25) is 0 Å². The van der Waals surface area contributed by atoms with Crippen molar-refractivity contribution in [2.75, 3.05) is 0 Å². The SMILES string of the molecule is O.O.O.O.O.O.O.O.O.O=[N+]([O-])O.[Al+3]. The van der Waals surface area contributed by atoms with E-state index in [1.165, 1.54) is 0 Å². The molecule has 0 amide bonds. The third-order valence-corrected chi connectivity index (χ3v) is 0. The van der Waals surface area contributed by atoms with E-state index in [1.807, 2.05) is 0 Å². The summed E-state index contributed by atoms with van der Waals surface area (Å²) in [4.78, 5) is 8.36. The first-order valence-corrected chi connectivity index (χ1v) is 0.565. The molecule has 19 N–H and O–H groups in total. The van der Waals surface area contributed by atoms with Crippen LogP contribution in [0.4, 0.5) is 0 Å². The standard InChI is InChI=1S/Al.HNO3.9H2O/c;2-1(3)4;;;;;;;;;/h;(H,2,3,4);9*1H2/q+3;;;;;;;;;;. The van der Waals surface area contributed by atoms with Crippen LogP contribution >= 0.6 is 0 Å². The number of rotatable bonds is 0. The van der Waals surface area contributed by atoms with Gasteiger partial charge >= 0.3 is 17.4 Å². The fourth-order valence-corrected chi connectivity index (χ4v) is 0. The molecular formula is H19AlNO12+3. The van der Waals surface area contributed by atoms with Gasteiger partial charge in [0.25, 0.3) is 5.09 Å². The molecule has 0 radical (unpaired) electrons. The van der Waals surface area contributed by atoms with Gasteiger partial charge in [-0.05, 0) is 0 Å². The van der Waals surface area contributed by atoms with Crippen LogP contribution < -0.4 is 0 Å². The molecular weight excluding hydrogens is 233 g/mol. The van der Waals surface area contributed by atoms with Gasteiger partial charge in [0.15, 0.2) is 0 Å². The van der Waals surface area contributed by atoms with Gasteiger partial charge in [0.2, 0.25) is 0 Å². The molecule has 0 aliphatic heterocycles. The summed E-state index contributed by atoms with van der Waals surface area (Å²) < 4.78 is 0. The largest absolute Gasteiger partial charge is 3.00 e. The van der Waals surface area contributed by atoms with Crippen molar-refractivity contribution >= 4 is 17.4 Å². The van der Waals surface area contributed by atoms with Crippen molar-refractivity contribution < 1.29 is 59.6 Å². The van der Waals surface area contributed by atoms with Crippen LogP contribution in [0.2, 0.25) is 0 Å². The Hall–Kier alpha value is -0.628. The molecule has 0 fully saturated rings. The third-order valence-electron chi connectivity index (χ3n) is 0. The van der Waals surface area contributed by atoms with Gasteiger partial charge in [0, 0.05) is 0 Å². The van der Waals surface area contributed by atoms with E-state index >= 15 is 0 Å². The third kappa shape index (κ3) is 3110. The van der Waals surface area contributed by atoms with Gasteiger partial charge in [-0.1, -0.05) is 0 Å². The van der Waals surface area contributed by atoms with Crippen molar-refractivity contribution in [3.05, 3.63) is 10.1 Å². The van der Waals surface area contributed by atoms with Gasteiger partial charge in [-0.15, -0.1) is 10.1 Å². The molecule has 0 aromatic rings.